The van der Waals surface area contributed by atoms with Gasteiger partial charge >= 0.3 is 0 Å². The molecule has 0 unspecified atom stereocenters. The second-order valence-corrected chi connectivity index (χ2v) is 7.09. The quantitative estimate of drug-likeness (QED) is 0.340. The number of nitrogens with zero attached hydrogens (tertiary/aromatic N) is 2. The molecule has 0 aromatic rings. The van der Waals surface area contributed by atoms with Crippen molar-refractivity contribution in [3.8, 4) is 0 Å². The molecule has 0 saturated carbocycles. The molecular formula is C12H30N2Si. The van der Waals surface area contributed by atoms with Gasteiger partial charge in [-0.15, -0.1) is 0 Å². The molecule has 0 atom stereocenters. The topological polar surface area (TPSA) is 6.48 Å². The zero-order valence-electron chi connectivity index (χ0n) is 11.4. The molecule has 3 heteroatoms. The largest absolute Gasteiger partial charge is 0.294 e. The standard InChI is InChI=1S/C12H30N2Si/c1-6-7-10-15-11-8-9-12(13(2)3)14(4)5/h12H,6-11,15H2,1-5H3. The Balaban J connectivity index is 3.46. The van der Waals surface area contributed by atoms with Crippen molar-refractivity contribution in [3.63, 3.8) is 0 Å². The van der Waals surface area contributed by atoms with Gasteiger partial charge in [-0.05, 0) is 34.6 Å². The maximum atomic E-state index is 2.33. The first-order chi connectivity index (χ1) is 7.09. The molecule has 0 bridgehead atoms. The van der Waals surface area contributed by atoms with Gasteiger partial charge in [0.25, 0.3) is 0 Å². The summed E-state index contributed by atoms with van der Waals surface area (Å²) in [7, 11) is 8.99. The summed E-state index contributed by atoms with van der Waals surface area (Å²) in [5.41, 5.74) is 0. The van der Waals surface area contributed by atoms with Gasteiger partial charge in [0.2, 0.25) is 0 Å². The van der Waals surface area contributed by atoms with E-state index in [2.05, 4.69) is 44.9 Å². The summed E-state index contributed by atoms with van der Waals surface area (Å²) < 4.78 is 0. The van der Waals surface area contributed by atoms with Crippen molar-refractivity contribution < 1.29 is 0 Å². The molecule has 0 fully saturated rings. The van der Waals surface area contributed by atoms with E-state index in [-0.39, 0.29) is 9.52 Å². The molecule has 0 spiro atoms. The molecule has 0 aliphatic heterocycles. The minimum atomic E-state index is 0.271. The van der Waals surface area contributed by atoms with Crippen molar-refractivity contribution in [2.45, 2.75) is 50.9 Å². The first kappa shape index (κ1) is 15.1. The van der Waals surface area contributed by atoms with E-state index in [9.17, 15) is 0 Å². The maximum Gasteiger partial charge on any atom is 0.0612 e. The molecule has 0 heterocycles. The van der Waals surface area contributed by atoms with Crippen molar-refractivity contribution in [2.75, 3.05) is 28.2 Å². The Kier molecular flexibility index (Phi) is 9.45. The molecule has 92 valence electrons. The Morgan fingerprint density at radius 3 is 1.93 bits per heavy atom. The normalized spacial score (nSPS) is 12.8. The van der Waals surface area contributed by atoms with Crippen molar-refractivity contribution in [2.24, 2.45) is 0 Å². The van der Waals surface area contributed by atoms with E-state index < -0.39 is 0 Å². The lowest BCUT2D eigenvalue weighted by Gasteiger charge is -2.30. The monoisotopic (exact) mass is 230 g/mol. The van der Waals surface area contributed by atoms with Crippen molar-refractivity contribution >= 4 is 9.52 Å². The van der Waals surface area contributed by atoms with Crippen LogP contribution in [-0.4, -0.2) is 53.7 Å². The highest BCUT2D eigenvalue weighted by atomic mass is 28.2. The summed E-state index contributed by atoms with van der Waals surface area (Å²) in [6.07, 6.45) is 6.24. The molecule has 0 amide bonds. The van der Waals surface area contributed by atoms with Gasteiger partial charge in [-0.1, -0.05) is 38.3 Å². The highest BCUT2D eigenvalue weighted by molar-refractivity contribution is 6.35. The zero-order valence-corrected chi connectivity index (χ0v) is 12.8. The smallest absolute Gasteiger partial charge is 0.0612 e. The first-order valence-electron chi connectivity index (χ1n) is 6.42. The fourth-order valence-corrected chi connectivity index (χ4v) is 3.93. The third-order valence-corrected chi connectivity index (χ3v) is 5.01. The van der Waals surface area contributed by atoms with Gasteiger partial charge < -0.3 is 0 Å². The number of hydrogen-bond donors (Lipinski definition) is 0. The van der Waals surface area contributed by atoms with E-state index in [1.54, 1.807) is 6.04 Å². The Morgan fingerprint density at radius 1 is 0.933 bits per heavy atom. The lowest BCUT2D eigenvalue weighted by atomic mass is 10.2. The van der Waals surface area contributed by atoms with Crippen LogP contribution in [0.5, 0.6) is 0 Å². The Bertz CT molecular complexity index is 130. The average molecular weight is 230 g/mol. The summed E-state index contributed by atoms with van der Waals surface area (Å²) >= 11 is 0. The van der Waals surface area contributed by atoms with Crippen LogP contribution in [0.1, 0.15) is 32.6 Å². The second-order valence-electron chi connectivity index (χ2n) is 4.96. The van der Waals surface area contributed by atoms with E-state index in [1.807, 2.05) is 0 Å². The third kappa shape index (κ3) is 8.00. The van der Waals surface area contributed by atoms with Crippen LogP contribution in [-0.2, 0) is 0 Å². The van der Waals surface area contributed by atoms with Crippen LogP contribution in [0.4, 0.5) is 0 Å². The number of hydrogen-bond acceptors (Lipinski definition) is 2. The molecule has 0 saturated heterocycles. The molecule has 0 radical (unpaired) electrons. The number of unbranched alkanes of at least 4 members (excludes halogenated alkanes) is 1. The predicted molar refractivity (Wildman–Crippen MR) is 73.5 cm³/mol. The molecule has 0 rings (SSSR count). The number of rotatable bonds is 9. The third-order valence-electron chi connectivity index (χ3n) is 3.01. The van der Waals surface area contributed by atoms with Gasteiger partial charge in [0, 0.05) is 9.52 Å². The molecule has 0 aromatic heterocycles. The van der Waals surface area contributed by atoms with Crippen LogP contribution in [0.3, 0.4) is 0 Å². The summed E-state index contributed by atoms with van der Waals surface area (Å²) in [4.78, 5) is 4.65. The van der Waals surface area contributed by atoms with Crippen LogP contribution in [0.15, 0.2) is 0 Å². The molecular weight excluding hydrogens is 200 g/mol. The molecule has 15 heavy (non-hydrogen) atoms. The minimum absolute atomic E-state index is 0.271. The molecule has 0 N–H and O–H groups in total. The Morgan fingerprint density at radius 2 is 1.47 bits per heavy atom. The van der Waals surface area contributed by atoms with Gasteiger partial charge in [-0.3, -0.25) is 9.80 Å². The van der Waals surface area contributed by atoms with Crippen molar-refractivity contribution in [3.05, 3.63) is 0 Å². The van der Waals surface area contributed by atoms with Crippen molar-refractivity contribution in [1.29, 1.82) is 0 Å². The van der Waals surface area contributed by atoms with Gasteiger partial charge in [0.15, 0.2) is 0 Å². The lowest BCUT2D eigenvalue weighted by molar-refractivity contribution is 0.119. The highest BCUT2D eigenvalue weighted by Gasteiger charge is 2.12. The van der Waals surface area contributed by atoms with Crippen LogP contribution in [0, 0.1) is 0 Å². The second kappa shape index (κ2) is 9.37. The molecule has 2 nitrogen and oxygen atoms in total. The van der Waals surface area contributed by atoms with Gasteiger partial charge in [-0.2, -0.15) is 0 Å². The van der Waals surface area contributed by atoms with Gasteiger partial charge in [0.1, 0.15) is 0 Å². The SMILES string of the molecule is CCCC[SiH2]CCCC(N(C)C)N(C)C. The first-order valence-corrected chi connectivity index (χ1v) is 8.42. The fourth-order valence-electron chi connectivity index (χ4n) is 2.09. The molecule has 0 aliphatic rings. The highest BCUT2D eigenvalue weighted by Crippen LogP contribution is 2.09. The minimum Gasteiger partial charge on any atom is -0.294 e. The van der Waals surface area contributed by atoms with Gasteiger partial charge in [0.05, 0.1) is 6.17 Å². The zero-order chi connectivity index (χ0) is 11.7. The van der Waals surface area contributed by atoms with E-state index in [0.29, 0.717) is 6.17 Å². The Hall–Kier alpha value is 0.137. The van der Waals surface area contributed by atoms with E-state index in [4.69, 9.17) is 0 Å². The van der Waals surface area contributed by atoms with E-state index >= 15 is 0 Å². The summed E-state index contributed by atoms with van der Waals surface area (Å²) in [5, 5.41) is 0. The predicted octanol–water partition coefficient (Wildman–Crippen LogP) is 2.02. The molecule has 0 aliphatic carbocycles. The summed E-state index contributed by atoms with van der Waals surface area (Å²) in [6, 6.07) is 3.10. The van der Waals surface area contributed by atoms with E-state index in [1.165, 1.54) is 31.7 Å². The van der Waals surface area contributed by atoms with Crippen LogP contribution >= 0.6 is 0 Å². The Labute approximate surface area is 98.8 Å². The summed E-state index contributed by atoms with van der Waals surface area (Å²) in [6.45, 7) is 2.29. The van der Waals surface area contributed by atoms with Crippen LogP contribution in [0.2, 0.25) is 12.1 Å². The fraction of sp³-hybridized carbons (Fsp3) is 1.00. The van der Waals surface area contributed by atoms with Crippen molar-refractivity contribution in [1.82, 2.24) is 9.80 Å². The lowest BCUT2D eigenvalue weighted by Crippen LogP contribution is -2.40. The maximum absolute atomic E-state index is 2.33. The average Bonchev–Trinajstić information content (AvgIpc) is 2.15. The van der Waals surface area contributed by atoms with E-state index in [0.717, 1.165) is 0 Å². The van der Waals surface area contributed by atoms with Gasteiger partial charge in [-0.25, -0.2) is 0 Å². The molecule has 0 aromatic carbocycles. The van der Waals surface area contributed by atoms with Crippen LogP contribution < -0.4 is 0 Å². The summed E-state index contributed by atoms with van der Waals surface area (Å²) in [5.74, 6) is 0. The van der Waals surface area contributed by atoms with Crippen LogP contribution in [0.25, 0.3) is 0 Å².